The van der Waals surface area contributed by atoms with Crippen LogP contribution in [0.25, 0.3) is 0 Å². The molecule has 0 aliphatic rings. The van der Waals surface area contributed by atoms with Crippen molar-refractivity contribution in [2.75, 3.05) is 12.8 Å². The Hall–Kier alpha value is -1.74. The van der Waals surface area contributed by atoms with Crippen LogP contribution >= 0.6 is 0 Å². The fraction of sp³-hybridized carbons (Fsp3) is 0.167. The van der Waals surface area contributed by atoms with Crippen LogP contribution < -0.4 is 16.8 Å². The van der Waals surface area contributed by atoms with Gasteiger partial charge in [0.15, 0.2) is 0 Å². The van der Waals surface area contributed by atoms with Crippen molar-refractivity contribution in [2.24, 2.45) is 26.1 Å². The molecule has 7 nitrogen and oxygen atoms in total. The molecule has 1 rings (SSSR count). The third-order valence-electron chi connectivity index (χ3n) is 2.28. The van der Waals surface area contributed by atoms with Crippen molar-refractivity contribution in [1.29, 1.82) is 0 Å². The number of nitrogen functional groups attached to an aromatic ring is 1. The molecule has 0 aromatic heterocycles. The van der Waals surface area contributed by atoms with Gasteiger partial charge in [-0.3, -0.25) is 0 Å². The Morgan fingerprint density at radius 1 is 1.05 bits per heavy atom. The van der Waals surface area contributed by atoms with Gasteiger partial charge in [0.2, 0.25) is 0 Å². The molecule has 5 N–H and O–H groups in total. The molecule has 1 aromatic rings. The average molecular weight is 385 g/mol. The van der Waals surface area contributed by atoms with Crippen LogP contribution in [-0.2, 0) is 42.3 Å². The van der Waals surface area contributed by atoms with Crippen molar-refractivity contribution in [1.82, 2.24) is 5.32 Å². The van der Waals surface area contributed by atoms with Crippen molar-refractivity contribution in [2.45, 2.75) is 6.92 Å². The number of hydrogen-bond donors (Lipinski definition) is 3. The number of amidine groups is 2. The van der Waals surface area contributed by atoms with Crippen molar-refractivity contribution < 1.29 is 17.1 Å². The molecule has 10 heteroatoms. The van der Waals surface area contributed by atoms with Crippen molar-refractivity contribution in [3.8, 4) is 0 Å². The van der Waals surface area contributed by atoms with Crippen LogP contribution in [0.3, 0.4) is 0 Å². The van der Waals surface area contributed by atoms with Gasteiger partial charge in [-0.2, -0.15) is 15.3 Å². The molecule has 0 fully saturated rings. The second-order valence-electron chi connectivity index (χ2n) is 3.85. The Kier molecular flexibility index (Phi) is 9.27. The topological polar surface area (TPSA) is 114 Å². The van der Waals surface area contributed by atoms with E-state index in [0.717, 1.165) is 5.56 Å². The molecule has 0 spiro atoms. The standard InChI is InChI=1S/C12H17N7S2.Cu/c1-7(16-18-11(14)20)10(17-19-12(21)15-2)8-3-5-9(13)6-4-8;/h3-6H,13H2,1-2H3,(H3,14,18,20)(H2,15,19,21);/q;+2/p-2/b16-7+,17-10-;. The Balaban J connectivity index is 0.00000441. The van der Waals surface area contributed by atoms with Gasteiger partial charge in [-0.15, -0.1) is 5.10 Å². The Labute approximate surface area is 150 Å². The van der Waals surface area contributed by atoms with E-state index in [-0.39, 0.29) is 27.4 Å². The molecular weight excluding hydrogens is 370 g/mol. The number of nitrogens with one attached hydrogen (secondary N) is 1. The molecule has 0 aliphatic carbocycles. The molecule has 0 bridgehead atoms. The molecule has 0 saturated carbocycles. The third-order valence-corrected chi connectivity index (χ3v) is 2.65. The van der Waals surface area contributed by atoms with Gasteiger partial charge >= 0.3 is 17.1 Å². The normalized spacial score (nSPS) is 13.5. The summed E-state index contributed by atoms with van der Waals surface area (Å²) in [5.74, 6) is 0. The summed E-state index contributed by atoms with van der Waals surface area (Å²) in [7, 11) is 1.66. The van der Waals surface area contributed by atoms with E-state index >= 15 is 0 Å². The Morgan fingerprint density at radius 2 is 1.64 bits per heavy atom. The fourth-order valence-corrected chi connectivity index (χ4v) is 1.38. The summed E-state index contributed by atoms with van der Waals surface area (Å²) in [5.41, 5.74) is 13.4. The molecule has 0 heterocycles. The van der Waals surface area contributed by atoms with Gasteiger partial charge in [-0.25, -0.2) is 0 Å². The van der Waals surface area contributed by atoms with Gasteiger partial charge < -0.3 is 42.0 Å². The zero-order chi connectivity index (χ0) is 15.8. The van der Waals surface area contributed by atoms with Crippen LogP contribution in [0.5, 0.6) is 0 Å². The van der Waals surface area contributed by atoms with Gasteiger partial charge in [0.05, 0.1) is 5.71 Å². The van der Waals surface area contributed by atoms with Crippen LogP contribution in [0.15, 0.2) is 44.7 Å². The van der Waals surface area contributed by atoms with Gasteiger partial charge in [-0.05, 0) is 29.4 Å². The largest absolute Gasteiger partial charge is 2.00 e. The van der Waals surface area contributed by atoms with Crippen LogP contribution in [0, 0.1) is 0 Å². The minimum Gasteiger partial charge on any atom is -0.741 e. The maximum Gasteiger partial charge on any atom is 2.00 e. The summed E-state index contributed by atoms with van der Waals surface area (Å²) < 4.78 is 0. The summed E-state index contributed by atoms with van der Waals surface area (Å²) in [4.78, 5) is 0. The predicted molar refractivity (Wildman–Crippen MR) is 93.3 cm³/mol. The first-order valence-corrected chi connectivity index (χ1v) is 6.67. The molecule has 1 radical (unpaired) electrons. The minimum absolute atomic E-state index is 0. The summed E-state index contributed by atoms with van der Waals surface area (Å²) in [6.07, 6.45) is 0. The number of anilines is 1. The van der Waals surface area contributed by atoms with Gasteiger partial charge in [0, 0.05) is 18.3 Å². The first-order chi connectivity index (χ1) is 9.93. The van der Waals surface area contributed by atoms with Crippen LogP contribution in [0.2, 0.25) is 0 Å². The number of hydrogen-bond acceptors (Lipinski definition) is 7. The van der Waals surface area contributed by atoms with Crippen LogP contribution in [-0.4, -0.2) is 28.8 Å². The van der Waals surface area contributed by atoms with E-state index in [4.69, 9.17) is 24.1 Å². The van der Waals surface area contributed by atoms with Gasteiger partial charge in [0.1, 0.15) is 5.71 Å². The number of nitrogens with zero attached hydrogens (tertiary/aromatic N) is 4. The van der Waals surface area contributed by atoms with E-state index < -0.39 is 0 Å². The summed E-state index contributed by atoms with van der Waals surface area (Å²) >= 11 is 9.58. The molecule has 1 aromatic carbocycles. The molecule has 22 heavy (non-hydrogen) atoms. The fourth-order valence-electron chi connectivity index (χ4n) is 1.30. The van der Waals surface area contributed by atoms with E-state index in [1.54, 1.807) is 38.2 Å². The van der Waals surface area contributed by atoms with Crippen molar-refractivity contribution >= 4 is 52.7 Å². The zero-order valence-corrected chi connectivity index (χ0v) is 14.4. The molecule has 0 amide bonds. The maximum atomic E-state index is 5.67. The Bertz CT molecular complexity index is 604. The Morgan fingerprint density at radius 3 is 2.14 bits per heavy atom. The summed E-state index contributed by atoms with van der Waals surface area (Å²) in [6, 6.07) is 7.09. The monoisotopic (exact) mass is 384 g/mol. The van der Waals surface area contributed by atoms with Gasteiger partial charge in [-0.1, -0.05) is 12.1 Å². The first-order valence-electron chi connectivity index (χ1n) is 5.85. The predicted octanol–water partition coefficient (Wildman–Crippen LogP) is 0.330. The zero-order valence-electron chi connectivity index (χ0n) is 11.9. The van der Waals surface area contributed by atoms with E-state index in [0.29, 0.717) is 17.1 Å². The summed E-state index contributed by atoms with van der Waals surface area (Å²) in [6.45, 7) is 1.72. The quantitative estimate of drug-likeness (QED) is 0.173. The second-order valence-corrected chi connectivity index (χ2v) is 4.65. The van der Waals surface area contributed by atoms with Crippen molar-refractivity contribution in [3.63, 3.8) is 0 Å². The smallest absolute Gasteiger partial charge is 0.741 e. The van der Waals surface area contributed by atoms with E-state index in [9.17, 15) is 0 Å². The van der Waals surface area contributed by atoms with Crippen molar-refractivity contribution in [3.05, 3.63) is 29.8 Å². The maximum absolute atomic E-state index is 5.67. The molecular formula is C12H15CuN7S2. The number of rotatable bonds is 4. The van der Waals surface area contributed by atoms with E-state index in [1.165, 1.54) is 0 Å². The number of nitrogens with two attached hydrogens (primary N) is 2. The average Bonchev–Trinajstić information content (AvgIpc) is 2.46. The molecule has 0 saturated heterocycles. The van der Waals surface area contributed by atoms with E-state index in [2.05, 4.69) is 38.4 Å². The second kappa shape index (κ2) is 10.1. The van der Waals surface area contributed by atoms with Crippen LogP contribution in [0.4, 0.5) is 5.69 Å². The van der Waals surface area contributed by atoms with Gasteiger partial charge in [0.25, 0.3) is 0 Å². The SMILES string of the molecule is CN/C([S-])=N/N=C(/C(C)=N/N=C(/N)[S-])c1ccc(N)cc1.[Cu+2]. The van der Waals surface area contributed by atoms with E-state index in [1.807, 2.05) is 0 Å². The molecule has 0 unspecified atom stereocenters. The third kappa shape index (κ3) is 6.81. The summed E-state index contributed by atoms with van der Waals surface area (Å²) in [5, 5.41) is 18.4. The minimum atomic E-state index is -0.0614. The molecule has 121 valence electrons. The molecule has 0 aliphatic heterocycles. The van der Waals surface area contributed by atoms with Crippen LogP contribution in [0.1, 0.15) is 12.5 Å². The molecule has 0 atom stereocenters. The number of benzene rings is 1. The first kappa shape index (κ1) is 20.3.